The van der Waals surface area contributed by atoms with Crippen molar-refractivity contribution in [1.29, 1.82) is 0 Å². The zero-order valence-corrected chi connectivity index (χ0v) is 21.4. The van der Waals surface area contributed by atoms with Crippen LogP contribution in [0.1, 0.15) is 39.5 Å². The molecule has 1 aromatic rings. The highest BCUT2D eigenvalue weighted by atomic mass is 127. The summed E-state index contributed by atoms with van der Waals surface area (Å²) in [5.74, 6) is 1.38. The van der Waals surface area contributed by atoms with Gasteiger partial charge in [0.2, 0.25) is 10.0 Å². The molecular formula is C18H34IN5O3S2. The number of aliphatic imine (C=N–C) groups is 1. The quantitative estimate of drug-likeness (QED) is 0.184. The third-order valence-corrected chi connectivity index (χ3v) is 7.94. The van der Waals surface area contributed by atoms with E-state index in [1.165, 1.54) is 0 Å². The Balaban J connectivity index is 0.00000420. The van der Waals surface area contributed by atoms with Gasteiger partial charge in [-0.25, -0.2) is 13.1 Å². The molecular weight excluding hydrogens is 525 g/mol. The monoisotopic (exact) mass is 559 g/mol. The number of hydrogen-bond acceptors (Lipinski definition) is 4. The molecule has 11 heteroatoms. The fraction of sp³-hybridized carbons (Fsp3) is 0.722. The van der Waals surface area contributed by atoms with E-state index in [9.17, 15) is 12.6 Å². The van der Waals surface area contributed by atoms with Crippen LogP contribution in [-0.4, -0.2) is 59.8 Å². The zero-order valence-electron chi connectivity index (χ0n) is 17.4. The fourth-order valence-electron chi connectivity index (χ4n) is 3.33. The number of aromatic nitrogens is 1. The standard InChI is InChI=1S/C18H33N5O3S2.HI/c1-4-19-18(22-15-7-6-8-16(13-15)27(24)5-2)20-10-11-21-28(25,26)17-9-12-23(3)14-17;/h9,12,14-16,21H,4-8,10-11,13H2,1-3H3,(H2,19,20,22);1H. The van der Waals surface area contributed by atoms with E-state index < -0.39 is 20.8 Å². The molecule has 2 rings (SSSR count). The van der Waals surface area contributed by atoms with Gasteiger partial charge in [0.15, 0.2) is 5.96 Å². The number of sulfonamides is 1. The molecule has 1 aliphatic carbocycles. The summed E-state index contributed by atoms with van der Waals surface area (Å²) in [6.45, 7) is 5.23. The number of nitrogens with one attached hydrogen (secondary N) is 3. The van der Waals surface area contributed by atoms with E-state index in [0.717, 1.165) is 32.2 Å². The Morgan fingerprint density at radius 1 is 1.34 bits per heavy atom. The first-order valence-corrected chi connectivity index (χ1v) is 12.8. The summed E-state index contributed by atoms with van der Waals surface area (Å²) in [4.78, 5) is 4.74. The van der Waals surface area contributed by atoms with Gasteiger partial charge in [0.05, 0.1) is 11.4 Å². The van der Waals surface area contributed by atoms with Crippen LogP contribution in [0.5, 0.6) is 0 Å². The number of halogens is 1. The molecule has 1 saturated carbocycles. The topological polar surface area (TPSA) is 105 Å². The number of aryl methyl sites for hydroxylation is 1. The van der Waals surface area contributed by atoms with E-state index in [0.29, 0.717) is 18.3 Å². The molecule has 0 bridgehead atoms. The number of rotatable bonds is 9. The summed E-state index contributed by atoms with van der Waals surface area (Å²) in [6.07, 6.45) is 7.26. The highest BCUT2D eigenvalue weighted by molar-refractivity contribution is 14.0. The van der Waals surface area contributed by atoms with Crippen LogP contribution in [0.25, 0.3) is 0 Å². The lowest BCUT2D eigenvalue weighted by Gasteiger charge is -2.30. The van der Waals surface area contributed by atoms with E-state index in [-0.39, 0.29) is 46.7 Å². The average Bonchev–Trinajstić information content (AvgIpc) is 3.12. The van der Waals surface area contributed by atoms with Gasteiger partial charge in [-0.1, -0.05) is 13.3 Å². The summed E-state index contributed by atoms with van der Waals surface area (Å²) in [7, 11) is -2.49. The van der Waals surface area contributed by atoms with Gasteiger partial charge in [0, 0.05) is 60.4 Å². The molecule has 1 fully saturated rings. The van der Waals surface area contributed by atoms with Crippen LogP contribution in [0.15, 0.2) is 28.3 Å². The van der Waals surface area contributed by atoms with Crippen LogP contribution in [-0.2, 0) is 27.9 Å². The largest absolute Gasteiger partial charge is 0.357 e. The zero-order chi connectivity index (χ0) is 20.6. The minimum absolute atomic E-state index is 0. The van der Waals surface area contributed by atoms with Crippen LogP contribution in [0.4, 0.5) is 0 Å². The van der Waals surface area contributed by atoms with E-state index in [1.54, 1.807) is 30.1 Å². The van der Waals surface area contributed by atoms with Crippen LogP contribution in [0.2, 0.25) is 0 Å². The van der Waals surface area contributed by atoms with Gasteiger partial charge in [0.1, 0.15) is 0 Å². The van der Waals surface area contributed by atoms with Gasteiger partial charge in [-0.3, -0.25) is 9.20 Å². The molecule has 0 aliphatic heterocycles. The predicted molar refractivity (Wildman–Crippen MR) is 130 cm³/mol. The number of nitrogens with zero attached hydrogens (tertiary/aromatic N) is 2. The summed E-state index contributed by atoms with van der Waals surface area (Å²) in [5, 5.41) is 6.87. The van der Waals surface area contributed by atoms with Crippen molar-refractivity contribution < 1.29 is 12.6 Å². The van der Waals surface area contributed by atoms with Crippen LogP contribution in [0.3, 0.4) is 0 Å². The van der Waals surface area contributed by atoms with Crippen molar-refractivity contribution in [3.05, 3.63) is 18.5 Å². The van der Waals surface area contributed by atoms with E-state index >= 15 is 0 Å². The van der Waals surface area contributed by atoms with Crippen molar-refractivity contribution in [1.82, 2.24) is 19.9 Å². The second-order valence-corrected chi connectivity index (χ2v) is 10.7. The molecule has 3 unspecified atom stereocenters. The Morgan fingerprint density at radius 2 is 2.10 bits per heavy atom. The number of guanidine groups is 1. The lowest BCUT2D eigenvalue weighted by Crippen LogP contribution is -2.47. The summed E-state index contributed by atoms with van der Waals surface area (Å²) >= 11 is 0. The normalized spacial score (nSPS) is 21.3. The van der Waals surface area contributed by atoms with Gasteiger partial charge in [0.25, 0.3) is 0 Å². The number of hydrogen-bond donors (Lipinski definition) is 3. The Morgan fingerprint density at radius 3 is 2.72 bits per heavy atom. The maximum absolute atomic E-state index is 12.2. The molecule has 0 aromatic carbocycles. The highest BCUT2D eigenvalue weighted by Gasteiger charge is 2.26. The molecule has 0 amide bonds. The Hall–Kier alpha value is -0.660. The Bertz CT molecular complexity index is 782. The van der Waals surface area contributed by atoms with E-state index in [1.807, 2.05) is 13.8 Å². The molecule has 0 spiro atoms. The molecule has 168 valence electrons. The van der Waals surface area contributed by atoms with Crippen molar-refractivity contribution in [3.63, 3.8) is 0 Å². The second-order valence-electron chi connectivity index (χ2n) is 6.97. The van der Waals surface area contributed by atoms with Gasteiger partial charge < -0.3 is 15.2 Å². The third kappa shape index (κ3) is 8.54. The van der Waals surface area contributed by atoms with E-state index in [2.05, 4.69) is 20.3 Å². The van der Waals surface area contributed by atoms with Gasteiger partial charge >= 0.3 is 0 Å². The Kier molecular flexibility index (Phi) is 11.7. The highest BCUT2D eigenvalue weighted by Crippen LogP contribution is 2.22. The third-order valence-electron chi connectivity index (χ3n) is 4.76. The summed E-state index contributed by atoms with van der Waals surface area (Å²) < 4.78 is 40.8. The van der Waals surface area contributed by atoms with Crippen LogP contribution < -0.4 is 15.4 Å². The first-order valence-electron chi connectivity index (χ1n) is 9.89. The maximum Gasteiger partial charge on any atom is 0.242 e. The molecule has 8 nitrogen and oxygen atoms in total. The predicted octanol–water partition coefficient (Wildman–Crippen LogP) is 1.56. The molecule has 3 N–H and O–H groups in total. The first-order chi connectivity index (χ1) is 13.4. The lowest BCUT2D eigenvalue weighted by molar-refractivity contribution is 0.413. The summed E-state index contributed by atoms with van der Waals surface area (Å²) in [6, 6.07) is 1.81. The van der Waals surface area contributed by atoms with Gasteiger partial charge in [-0.15, -0.1) is 24.0 Å². The summed E-state index contributed by atoms with van der Waals surface area (Å²) in [5.41, 5.74) is 0. The van der Waals surface area contributed by atoms with Crippen LogP contribution in [0, 0.1) is 0 Å². The van der Waals surface area contributed by atoms with Crippen molar-refractivity contribution in [2.75, 3.05) is 25.4 Å². The molecule has 3 atom stereocenters. The van der Waals surface area contributed by atoms with Crippen molar-refractivity contribution >= 4 is 50.8 Å². The first kappa shape index (κ1) is 26.4. The molecule has 0 saturated heterocycles. The second kappa shape index (κ2) is 12.9. The van der Waals surface area contributed by atoms with Crippen molar-refractivity contribution in [2.24, 2.45) is 12.0 Å². The molecule has 1 aromatic heterocycles. The van der Waals surface area contributed by atoms with Crippen molar-refractivity contribution in [3.8, 4) is 0 Å². The molecule has 1 aliphatic rings. The Labute approximate surface area is 194 Å². The van der Waals surface area contributed by atoms with Crippen LogP contribution >= 0.6 is 24.0 Å². The molecule has 0 radical (unpaired) electrons. The van der Waals surface area contributed by atoms with Gasteiger partial charge in [-0.2, -0.15) is 0 Å². The maximum atomic E-state index is 12.2. The van der Waals surface area contributed by atoms with E-state index in [4.69, 9.17) is 0 Å². The minimum Gasteiger partial charge on any atom is -0.357 e. The SMILES string of the molecule is CCNC(=NCCNS(=O)(=O)c1ccn(C)c1)NC1CCCC(S(=O)CC)C1.I. The molecule has 1 heterocycles. The average molecular weight is 560 g/mol. The van der Waals surface area contributed by atoms with Gasteiger partial charge in [-0.05, 0) is 32.3 Å². The lowest BCUT2D eigenvalue weighted by atomic mass is 9.95. The smallest absolute Gasteiger partial charge is 0.242 e. The van der Waals surface area contributed by atoms with Crippen molar-refractivity contribution in [2.45, 2.75) is 55.7 Å². The fourth-order valence-corrected chi connectivity index (χ4v) is 5.75. The minimum atomic E-state index is -3.51. The molecule has 29 heavy (non-hydrogen) atoms.